The molecule has 0 saturated heterocycles. The van der Waals surface area contributed by atoms with Crippen LogP contribution in [-0.4, -0.2) is 9.78 Å². The van der Waals surface area contributed by atoms with Gasteiger partial charge >= 0.3 is 0 Å². The zero-order chi connectivity index (χ0) is 14.5. The zero-order valence-corrected chi connectivity index (χ0v) is 11.4. The smallest absolute Gasteiger partial charge is 0.101 e. The van der Waals surface area contributed by atoms with Crippen molar-refractivity contribution < 1.29 is 0 Å². The number of para-hydroxylation sites is 1. The molecule has 0 radical (unpaired) electrons. The van der Waals surface area contributed by atoms with Gasteiger partial charge in [-0.25, -0.2) is 0 Å². The number of nitriles is 1. The molecule has 1 N–H and O–H groups in total. The van der Waals surface area contributed by atoms with Crippen LogP contribution in [0.3, 0.4) is 0 Å². The SMILES string of the molecule is N#Cc1ccccc1Nc1cnn(Cc2ccccc2)c1. The topological polar surface area (TPSA) is 53.6 Å². The van der Waals surface area contributed by atoms with Crippen LogP contribution < -0.4 is 5.32 Å². The molecule has 0 unspecified atom stereocenters. The molecule has 3 aromatic rings. The van der Waals surface area contributed by atoms with E-state index in [1.807, 2.05) is 47.3 Å². The third-order valence-electron chi connectivity index (χ3n) is 3.15. The number of anilines is 2. The van der Waals surface area contributed by atoms with E-state index in [0.717, 1.165) is 17.9 Å². The first-order chi connectivity index (χ1) is 10.3. The number of benzene rings is 2. The summed E-state index contributed by atoms with van der Waals surface area (Å²) >= 11 is 0. The second-order valence-electron chi connectivity index (χ2n) is 4.69. The minimum atomic E-state index is 0.619. The van der Waals surface area contributed by atoms with Crippen LogP contribution in [0.15, 0.2) is 67.0 Å². The van der Waals surface area contributed by atoms with E-state index in [0.29, 0.717) is 5.56 Å². The van der Waals surface area contributed by atoms with Crippen molar-refractivity contribution in [1.29, 1.82) is 5.26 Å². The molecule has 2 aromatic carbocycles. The number of hydrogen-bond acceptors (Lipinski definition) is 3. The van der Waals surface area contributed by atoms with E-state index in [9.17, 15) is 0 Å². The molecule has 0 amide bonds. The van der Waals surface area contributed by atoms with Crippen molar-refractivity contribution in [2.45, 2.75) is 6.54 Å². The van der Waals surface area contributed by atoms with E-state index < -0.39 is 0 Å². The van der Waals surface area contributed by atoms with Crippen LogP contribution in [0.1, 0.15) is 11.1 Å². The fourth-order valence-corrected chi connectivity index (χ4v) is 2.13. The number of nitrogens with zero attached hydrogens (tertiary/aromatic N) is 3. The van der Waals surface area contributed by atoms with Crippen LogP contribution in [0.4, 0.5) is 11.4 Å². The van der Waals surface area contributed by atoms with E-state index in [-0.39, 0.29) is 0 Å². The Bertz CT molecular complexity index is 769. The second-order valence-corrected chi connectivity index (χ2v) is 4.69. The molecular formula is C17H14N4. The number of rotatable bonds is 4. The molecule has 0 spiro atoms. The summed E-state index contributed by atoms with van der Waals surface area (Å²) in [6.45, 7) is 0.725. The Morgan fingerprint density at radius 1 is 1.05 bits per heavy atom. The summed E-state index contributed by atoms with van der Waals surface area (Å²) in [4.78, 5) is 0. The van der Waals surface area contributed by atoms with Gasteiger partial charge in [-0.1, -0.05) is 42.5 Å². The van der Waals surface area contributed by atoms with Gasteiger partial charge in [0.2, 0.25) is 0 Å². The predicted octanol–water partition coefficient (Wildman–Crippen LogP) is 3.55. The Kier molecular flexibility index (Phi) is 3.66. The van der Waals surface area contributed by atoms with Gasteiger partial charge in [0, 0.05) is 6.20 Å². The highest BCUT2D eigenvalue weighted by Crippen LogP contribution is 2.19. The van der Waals surface area contributed by atoms with Crippen molar-refractivity contribution in [3.05, 3.63) is 78.1 Å². The Morgan fingerprint density at radius 2 is 1.81 bits per heavy atom. The fourth-order valence-electron chi connectivity index (χ4n) is 2.13. The first-order valence-electron chi connectivity index (χ1n) is 6.68. The molecule has 4 nitrogen and oxygen atoms in total. The molecule has 0 fully saturated rings. The van der Waals surface area contributed by atoms with Crippen molar-refractivity contribution in [3.8, 4) is 6.07 Å². The summed E-state index contributed by atoms with van der Waals surface area (Å²) in [6, 6.07) is 19.8. The zero-order valence-electron chi connectivity index (χ0n) is 11.4. The minimum Gasteiger partial charge on any atom is -0.352 e. The normalized spacial score (nSPS) is 10.0. The van der Waals surface area contributed by atoms with E-state index >= 15 is 0 Å². The maximum atomic E-state index is 9.09. The van der Waals surface area contributed by atoms with E-state index in [4.69, 9.17) is 5.26 Å². The van der Waals surface area contributed by atoms with Crippen molar-refractivity contribution in [2.75, 3.05) is 5.32 Å². The minimum absolute atomic E-state index is 0.619. The van der Waals surface area contributed by atoms with Gasteiger partial charge in [-0.3, -0.25) is 4.68 Å². The molecule has 21 heavy (non-hydrogen) atoms. The first-order valence-corrected chi connectivity index (χ1v) is 6.68. The first kappa shape index (κ1) is 12.9. The van der Waals surface area contributed by atoms with Crippen molar-refractivity contribution in [3.63, 3.8) is 0 Å². The molecule has 0 saturated carbocycles. The monoisotopic (exact) mass is 274 g/mol. The Hall–Kier alpha value is -3.06. The highest BCUT2D eigenvalue weighted by molar-refractivity contribution is 5.65. The average Bonchev–Trinajstić information content (AvgIpc) is 2.96. The van der Waals surface area contributed by atoms with Crippen LogP contribution in [0.5, 0.6) is 0 Å². The summed E-state index contributed by atoms with van der Waals surface area (Å²) in [5.41, 5.74) is 3.48. The van der Waals surface area contributed by atoms with Gasteiger partial charge in [0.25, 0.3) is 0 Å². The van der Waals surface area contributed by atoms with E-state index in [1.165, 1.54) is 5.56 Å². The van der Waals surface area contributed by atoms with Gasteiger partial charge in [0.15, 0.2) is 0 Å². The number of hydrogen-bond donors (Lipinski definition) is 1. The fraction of sp³-hybridized carbons (Fsp3) is 0.0588. The van der Waals surface area contributed by atoms with Crippen LogP contribution in [-0.2, 0) is 6.54 Å². The lowest BCUT2D eigenvalue weighted by Gasteiger charge is -2.05. The van der Waals surface area contributed by atoms with Gasteiger partial charge in [-0.15, -0.1) is 0 Å². The van der Waals surface area contributed by atoms with Gasteiger partial charge < -0.3 is 5.32 Å². The molecular weight excluding hydrogens is 260 g/mol. The largest absolute Gasteiger partial charge is 0.352 e. The molecule has 1 aromatic heterocycles. The van der Waals surface area contributed by atoms with Gasteiger partial charge in [0.1, 0.15) is 6.07 Å². The average molecular weight is 274 g/mol. The predicted molar refractivity (Wildman–Crippen MR) is 82.2 cm³/mol. The second kappa shape index (κ2) is 5.93. The van der Waals surface area contributed by atoms with Crippen LogP contribution in [0, 0.1) is 11.3 Å². The third kappa shape index (κ3) is 3.10. The summed E-state index contributed by atoms with van der Waals surface area (Å²) in [5, 5.41) is 16.6. The van der Waals surface area contributed by atoms with Gasteiger partial charge in [-0.05, 0) is 17.7 Å². The van der Waals surface area contributed by atoms with E-state index in [2.05, 4.69) is 28.6 Å². The maximum Gasteiger partial charge on any atom is 0.101 e. The van der Waals surface area contributed by atoms with Crippen LogP contribution in [0.25, 0.3) is 0 Å². The lowest BCUT2D eigenvalue weighted by Crippen LogP contribution is -1.99. The van der Waals surface area contributed by atoms with Gasteiger partial charge in [0.05, 0.1) is 29.7 Å². The molecule has 102 valence electrons. The highest BCUT2D eigenvalue weighted by Gasteiger charge is 2.03. The Labute approximate surface area is 123 Å². The molecule has 0 aliphatic rings. The van der Waals surface area contributed by atoms with E-state index in [1.54, 1.807) is 12.3 Å². The summed E-state index contributed by atoms with van der Waals surface area (Å²) in [5.74, 6) is 0. The third-order valence-corrected chi connectivity index (χ3v) is 3.15. The van der Waals surface area contributed by atoms with Crippen molar-refractivity contribution in [2.24, 2.45) is 0 Å². The summed E-state index contributed by atoms with van der Waals surface area (Å²) in [6.07, 6.45) is 3.69. The number of aromatic nitrogens is 2. The maximum absolute atomic E-state index is 9.09. The quantitative estimate of drug-likeness (QED) is 0.791. The molecule has 1 heterocycles. The van der Waals surface area contributed by atoms with Gasteiger partial charge in [-0.2, -0.15) is 10.4 Å². The summed E-state index contributed by atoms with van der Waals surface area (Å²) < 4.78 is 1.87. The van der Waals surface area contributed by atoms with Crippen LogP contribution in [0.2, 0.25) is 0 Å². The molecule has 0 aliphatic carbocycles. The number of nitrogens with one attached hydrogen (secondary N) is 1. The standard InChI is InChI=1S/C17H14N4/c18-10-15-8-4-5-9-17(15)20-16-11-19-21(13-16)12-14-6-2-1-3-7-14/h1-9,11,13,20H,12H2. The molecule has 4 heteroatoms. The van der Waals surface area contributed by atoms with Crippen LogP contribution >= 0.6 is 0 Å². The highest BCUT2D eigenvalue weighted by atomic mass is 15.3. The Balaban J connectivity index is 1.75. The lowest BCUT2D eigenvalue weighted by atomic mass is 10.2. The molecule has 0 atom stereocenters. The lowest BCUT2D eigenvalue weighted by molar-refractivity contribution is 0.687. The molecule has 0 bridgehead atoms. The van der Waals surface area contributed by atoms with Crippen molar-refractivity contribution >= 4 is 11.4 Å². The van der Waals surface area contributed by atoms with Crippen molar-refractivity contribution in [1.82, 2.24) is 9.78 Å². The Morgan fingerprint density at radius 3 is 2.62 bits per heavy atom. The molecule has 3 rings (SSSR count). The summed E-state index contributed by atoms with van der Waals surface area (Å²) in [7, 11) is 0. The molecule has 0 aliphatic heterocycles.